The van der Waals surface area contributed by atoms with Gasteiger partial charge in [0.1, 0.15) is 36.6 Å². The van der Waals surface area contributed by atoms with Crippen LogP contribution in [0.3, 0.4) is 0 Å². The van der Waals surface area contributed by atoms with Crippen molar-refractivity contribution >= 4 is 5.91 Å². The van der Waals surface area contributed by atoms with Crippen LogP contribution in [0.4, 0.5) is 0 Å². The minimum absolute atomic E-state index is 0.0571. The summed E-state index contributed by atoms with van der Waals surface area (Å²) in [5.74, 6) is -0.676. The van der Waals surface area contributed by atoms with E-state index in [0.717, 1.165) is 0 Å². The van der Waals surface area contributed by atoms with Gasteiger partial charge in [-0.05, 0) is 32.1 Å². The van der Waals surface area contributed by atoms with Crippen molar-refractivity contribution in [1.82, 2.24) is 10.6 Å². The van der Waals surface area contributed by atoms with Gasteiger partial charge in [0.25, 0.3) is 5.91 Å². The van der Waals surface area contributed by atoms with Crippen molar-refractivity contribution in [2.24, 2.45) is 28.7 Å². The highest BCUT2D eigenvalue weighted by Crippen LogP contribution is 2.34. The Morgan fingerprint density at radius 3 is 1.87 bits per heavy atom. The molecule has 5 rings (SSSR count). The Morgan fingerprint density at radius 1 is 0.800 bits per heavy atom. The summed E-state index contributed by atoms with van der Waals surface area (Å²) >= 11 is 0. The number of ether oxygens (including phenoxy) is 6. The Hall–Kier alpha value is -1.17. The van der Waals surface area contributed by atoms with Crippen LogP contribution in [0.25, 0.3) is 0 Å². The van der Waals surface area contributed by atoms with E-state index >= 15 is 0 Å². The molecule has 0 aromatic carbocycles. The molecule has 0 aromatic rings. The van der Waals surface area contributed by atoms with Crippen LogP contribution < -0.4 is 39.3 Å². The summed E-state index contributed by atoms with van der Waals surface area (Å²) in [6.45, 7) is 0.103. The second-order valence-corrected chi connectivity index (χ2v) is 12.8. The predicted molar refractivity (Wildman–Crippen MR) is 155 cm³/mol. The van der Waals surface area contributed by atoms with E-state index in [1.807, 2.05) is 0 Å². The lowest BCUT2D eigenvalue weighted by molar-refractivity contribution is -0.288. The van der Waals surface area contributed by atoms with Crippen LogP contribution in [-0.2, 0) is 33.2 Å². The fraction of sp³-hybridized carbons (Fsp3) is 0.963. The third-order valence-corrected chi connectivity index (χ3v) is 9.46. The molecule has 18 heteroatoms. The number of aliphatic hydroxyl groups excluding tert-OH is 3. The van der Waals surface area contributed by atoms with Crippen molar-refractivity contribution < 1.29 is 53.6 Å². The molecule has 4 aliphatic heterocycles. The van der Waals surface area contributed by atoms with Gasteiger partial charge in [0, 0.05) is 32.2 Å². The molecule has 4 saturated heterocycles. The summed E-state index contributed by atoms with van der Waals surface area (Å²) in [5.41, 5.74) is 29.0. The lowest BCUT2D eigenvalue weighted by Crippen LogP contribution is -2.71. The fourth-order valence-corrected chi connectivity index (χ4v) is 6.50. The first-order valence-corrected chi connectivity index (χ1v) is 15.8. The number of nitrogens with one attached hydrogen (secondary N) is 2. The van der Waals surface area contributed by atoms with Crippen molar-refractivity contribution in [2.75, 3.05) is 32.8 Å². The van der Waals surface area contributed by atoms with E-state index in [4.69, 9.17) is 57.1 Å². The molecule has 1 amide bonds. The second-order valence-electron chi connectivity index (χ2n) is 12.8. The molecule has 0 spiro atoms. The molecular formula is C27H51N7O11. The van der Waals surface area contributed by atoms with Crippen LogP contribution in [0.15, 0.2) is 0 Å². The number of hydrogen-bond acceptors (Lipinski definition) is 17. The van der Waals surface area contributed by atoms with E-state index in [1.165, 1.54) is 0 Å². The molecule has 260 valence electrons. The van der Waals surface area contributed by atoms with Gasteiger partial charge in [-0.15, -0.1) is 0 Å². The SMILES string of the molecule is NCC1CCC(N)C(OC2C(CO)OC(OC3C(O)C(NC(=O)C4(O)CNC4)CC(N)C3OC3OC(CN)CCC3N)C2O)O1. The summed E-state index contributed by atoms with van der Waals surface area (Å²) in [6.07, 6.45) is -8.72. The van der Waals surface area contributed by atoms with E-state index in [1.54, 1.807) is 0 Å². The zero-order chi connectivity index (χ0) is 32.5. The van der Waals surface area contributed by atoms with E-state index in [0.29, 0.717) is 25.7 Å². The molecular weight excluding hydrogens is 598 g/mol. The molecule has 5 aliphatic rings. The average molecular weight is 650 g/mol. The van der Waals surface area contributed by atoms with Gasteiger partial charge in [-0.1, -0.05) is 0 Å². The van der Waals surface area contributed by atoms with Gasteiger partial charge in [0.15, 0.2) is 24.5 Å². The minimum Gasteiger partial charge on any atom is -0.394 e. The highest BCUT2D eigenvalue weighted by atomic mass is 16.8. The Bertz CT molecular complexity index is 985. The highest BCUT2D eigenvalue weighted by Gasteiger charge is 2.54. The second kappa shape index (κ2) is 14.9. The first-order valence-electron chi connectivity index (χ1n) is 15.8. The molecule has 0 aromatic heterocycles. The average Bonchev–Trinajstić information content (AvgIpc) is 3.31. The summed E-state index contributed by atoms with van der Waals surface area (Å²) < 4.78 is 36.1. The monoisotopic (exact) mass is 649 g/mol. The zero-order valence-corrected chi connectivity index (χ0v) is 25.3. The molecule has 4 heterocycles. The van der Waals surface area contributed by atoms with Crippen LogP contribution >= 0.6 is 0 Å². The van der Waals surface area contributed by atoms with E-state index < -0.39 is 97.8 Å². The Labute approximate surface area is 261 Å². The van der Waals surface area contributed by atoms with E-state index in [-0.39, 0.29) is 44.8 Å². The van der Waals surface area contributed by atoms with E-state index in [2.05, 4.69) is 10.6 Å². The smallest absolute Gasteiger partial charge is 0.254 e. The topological polar surface area (TPSA) is 308 Å². The minimum atomic E-state index is -1.62. The number of nitrogens with two attached hydrogens (primary N) is 5. The number of hydrogen-bond donors (Lipinski definition) is 11. The van der Waals surface area contributed by atoms with Crippen LogP contribution in [-0.4, -0.2) is 157 Å². The number of carbonyl (C=O) groups is 1. The molecule has 18 nitrogen and oxygen atoms in total. The zero-order valence-electron chi connectivity index (χ0n) is 25.3. The Balaban J connectivity index is 1.34. The Morgan fingerprint density at radius 2 is 1.36 bits per heavy atom. The van der Waals surface area contributed by atoms with Gasteiger partial charge in [0.2, 0.25) is 0 Å². The predicted octanol–water partition coefficient (Wildman–Crippen LogP) is -6.29. The number of aliphatic hydroxyl groups is 4. The number of rotatable bonds is 11. The van der Waals surface area contributed by atoms with Gasteiger partial charge in [-0.3, -0.25) is 4.79 Å². The molecule has 15 unspecified atom stereocenters. The van der Waals surface area contributed by atoms with Gasteiger partial charge >= 0.3 is 0 Å². The van der Waals surface area contributed by atoms with Crippen LogP contribution in [0.1, 0.15) is 32.1 Å². The van der Waals surface area contributed by atoms with Gasteiger partial charge in [0.05, 0.1) is 36.9 Å². The first-order chi connectivity index (χ1) is 21.5. The van der Waals surface area contributed by atoms with Crippen LogP contribution in [0.5, 0.6) is 0 Å². The summed E-state index contributed by atoms with van der Waals surface area (Å²) in [7, 11) is 0. The van der Waals surface area contributed by atoms with Gasteiger partial charge < -0.3 is 88.1 Å². The van der Waals surface area contributed by atoms with Crippen molar-refractivity contribution in [1.29, 1.82) is 0 Å². The first kappa shape index (κ1) is 35.1. The summed E-state index contributed by atoms with van der Waals surface area (Å²) in [6, 6.07) is -2.80. The van der Waals surface area contributed by atoms with Crippen molar-refractivity contribution in [2.45, 2.75) is 130 Å². The Kier molecular flexibility index (Phi) is 11.7. The maximum absolute atomic E-state index is 12.9. The normalized spacial score (nSPS) is 46.8. The molecule has 0 radical (unpaired) electrons. The van der Waals surface area contributed by atoms with Crippen molar-refractivity contribution in [3.05, 3.63) is 0 Å². The quantitative estimate of drug-likeness (QED) is 0.0991. The highest BCUT2D eigenvalue weighted by molar-refractivity contribution is 5.87. The molecule has 1 saturated carbocycles. The molecule has 5 fully saturated rings. The third-order valence-electron chi connectivity index (χ3n) is 9.46. The summed E-state index contributed by atoms with van der Waals surface area (Å²) in [4.78, 5) is 12.9. The van der Waals surface area contributed by atoms with Crippen LogP contribution in [0, 0.1) is 0 Å². The van der Waals surface area contributed by atoms with Gasteiger partial charge in [-0.25, -0.2) is 0 Å². The molecule has 45 heavy (non-hydrogen) atoms. The lowest BCUT2D eigenvalue weighted by Gasteiger charge is -2.47. The van der Waals surface area contributed by atoms with Gasteiger partial charge in [-0.2, -0.15) is 0 Å². The molecule has 0 bridgehead atoms. The number of amides is 1. The van der Waals surface area contributed by atoms with E-state index in [9.17, 15) is 25.2 Å². The molecule has 15 atom stereocenters. The molecule has 16 N–H and O–H groups in total. The molecule has 1 aliphatic carbocycles. The number of carbonyl (C=O) groups excluding carboxylic acids is 1. The largest absolute Gasteiger partial charge is 0.394 e. The lowest BCUT2D eigenvalue weighted by atomic mass is 9.83. The third kappa shape index (κ3) is 7.62. The number of β-amino-alcohol motifs (C(OH)–C–C–N with tert-alkyl or cyclic N) is 1. The van der Waals surface area contributed by atoms with Crippen molar-refractivity contribution in [3.8, 4) is 0 Å². The van der Waals surface area contributed by atoms with Crippen molar-refractivity contribution in [3.63, 3.8) is 0 Å². The maximum Gasteiger partial charge on any atom is 0.254 e. The maximum atomic E-state index is 12.9. The fourth-order valence-electron chi connectivity index (χ4n) is 6.50. The standard InChI is InChI=1S/C27H51N7O11/c28-6-11-1-3-13(30)23(40-11)43-20-15(32)5-16(34-26(38)27(39)9-33-10-27)18(36)22(20)45-25-19(37)21(17(8-35)42-25)44-24-14(31)4-2-12(7-29)41-24/h11-25,33,35-37,39H,1-10,28-32H2,(H,34,38). The summed E-state index contributed by atoms with van der Waals surface area (Å²) in [5, 5.41) is 49.0. The van der Waals surface area contributed by atoms with Crippen LogP contribution in [0.2, 0.25) is 0 Å².